The summed E-state index contributed by atoms with van der Waals surface area (Å²) in [4.78, 5) is 0. The van der Waals surface area contributed by atoms with Gasteiger partial charge in [0.1, 0.15) is 5.76 Å². The minimum atomic E-state index is 0.624. The highest BCUT2D eigenvalue weighted by Gasteiger charge is 2.09. The van der Waals surface area contributed by atoms with Gasteiger partial charge in [0.15, 0.2) is 11.3 Å². The molecule has 0 amide bonds. The molecule has 0 saturated carbocycles. The molecular weight excluding hydrogens is 330 g/mol. The number of ether oxygens (including phenoxy) is 1. The topological polar surface area (TPSA) is 34.4 Å². The summed E-state index contributed by atoms with van der Waals surface area (Å²) in [6.07, 6.45) is 0. The van der Waals surface area contributed by atoms with Gasteiger partial charge in [0.2, 0.25) is 0 Å². The molecule has 1 N–H and O–H groups in total. The Morgan fingerprint density at radius 1 is 1.19 bits per heavy atom. The van der Waals surface area contributed by atoms with Gasteiger partial charge in [0.25, 0.3) is 0 Å². The lowest BCUT2D eigenvalue weighted by Gasteiger charge is -2.07. The molecule has 4 heteroatoms. The van der Waals surface area contributed by atoms with E-state index >= 15 is 0 Å². The first-order valence-electron chi connectivity index (χ1n) is 6.73. The summed E-state index contributed by atoms with van der Waals surface area (Å²) in [5.74, 6) is 1.64. The van der Waals surface area contributed by atoms with E-state index in [9.17, 15) is 0 Å². The van der Waals surface area contributed by atoms with Gasteiger partial charge in [-0.25, -0.2) is 0 Å². The van der Waals surface area contributed by atoms with E-state index in [2.05, 4.69) is 46.4 Å². The van der Waals surface area contributed by atoms with Gasteiger partial charge in [0, 0.05) is 15.5 Å². The molecule has 3 nitrogen and oxygen atoms in total. The van der Waals surface area contributed by atoms with Crippen LogP contribution in [0.4, 0.5) is 5.69 Å². The Balaban J connectivity index is 1.82. The van der Waals surface area contributed by atoms with E-state index in [1.165, 1.54) is 5.56 Å². The molecule has 0 aliphatic rings. The largest absolute Gasteiger partial charge is 0.493 e. The molecule has 2 aromatic carbocycles. The lowest BCUT2D eigenvalue weighted by Crippen LogP contribution is -1.98. The van der Waals surface area contributed by atoms with Crippen molar-refractivity contribution < 1.29 is 9.15 Å². The van der Waals surface area contributed by atoms with E-state index in [1.54, 1.807) is 7.11 Å². The summed E-state index contributed by atoms with van der Waals surface area (Å²) in [6.45, 7) is 2.69. The van der Waals surface area contributed by atoms with Gasteiger partial charge < -0.3 is 14.5 Å². The Kier molecular flexibility index (Phi) is 3.88. The Bertz CT molecular complexity index is 780. The molecule has 0 saturated heterocycles. The number of fused-ring (bicyclic) bond motifs is 1. The molecule has 21 heavy (non-hydrogen) atoms. The van der Waals surface area contributed by atoms with Crippen LogP contribution in [0.2, 0.25) is 0 Å². The maximum absolute atomic E-state index is 5.87. The Morgan fingerprint density at radius 2 is 2.05 bits per heavy atom. The van der Waals surface area contributed by atoms with Crippen LogP contribution >= 0.6 is 15.9 Å². The van der Waals surface area contributed by atoms with Crippen molar-refractivity contribution in [3.63, 3.8) is 0 Å². The maximum Gasteiger partial charge on any atom is 0.176 e. The van der Waals surface area contributed by atoms with Gasteiger partial charge in [-0.15, -0.1) is 0 Å². The lowest BCUT2D eigenvalue weighted by atomic mass is 10.2. The van der Waals surface area contributed by atoms with Crippen LogP contribution in [0.15, 0.2) is 51.4 Å². The molecule has 0 radical (unpaired) electrons. The highest BCUT2D eigenvalue weighted by Crippen LogP contribution is 2.29. The van der Waals surface area contributed by atoms with Gasteiger partial charge >= 0.3 is 0 Å². The van der Waals surface area contributed by atoms with Crippen molar-refractivity contribution in [1.82, 2.24) is 0 Å². The summed E-state index contributed by atoms with van der Waals surface area (Å²) in [7, 11) is 1.65. The van der Waals surface area contributed by atoms with Crippen LogP contribution in [0.5, 0.6) is 5.75 Å². The van der Waals surface area contributed by atoms with E-state index < -0.39 is 0 Å². The van der Waals surface area contributed by atoms with Crippen LogP contribution in [0.25, 0.3) is 11.0 Å². The molecule has 0 aliphatic heterocycles. The smallest absolute Gasteiger partial charge is 0.176 e. The summed E-state index contributed by atoms with van der Waals surface area (Å²) in [5, 5.41) is 4.42. The molecule has 0 fully saturated rings. The predicted molar refractivity (Wildman–Crippen MR) is 89.0 cm³/mol. The monoisotopic (exact) mass is 345 g/mol. The maximum atomic E-state index is 5.87. The van der Waals surface area contributed by atoms with Crippen LogP contribution in [0.1, 0.15) is 11.3 Å². The lowest BCUT2D eigenvalue weighted by molar-refractivity contribution is 0.408. The molecule has 0 aliphatic carbocycles. The van der Waals surface area contributed by atoms with Crippen molar-refractivity contribution in [2.75, 3.05) is 12.4 Å². The molecule has 1 aromatic heterocycles. The SMILES string of the molecule is COc1cccc2cc(CNc3ccc(C)cc3Br)oc12. The van der Waals surface area contributed by atoms with Crippen LogP contribution in [0, 0.1) is 6.92 Å². The van der Waals surface area contributed by atoms with E-state index in [4.69, 9.17) is 9.15 Å². The minimum absolute atomic E-state index is 0.624. The zero-order valence-corrected chi connectivity index (χ0v) is 13.5. The quantitative estimate of drug-likeness (QED) is 0.712. The summed E-state index contributed by atoms with van der Waals surface area (Å²) in [5.41, 5.74) is 3.06. The molecule has 0 unspecified atom stereocenters. The van der Waals surface area contributed by atoms with Gasteiger partial charge in [0.05, 0.1) is 13.7 Å². The fourth-order valence-corrected chi connectivity index (χ4v) is 2.92. The van der Waals surface area contributed by atoms with Gasteiger partial charge in [-0.2, -0.15) is 0 Å². The molecule has 3 rings (SSSR count). The number of nitrogens with one attached hydrogen (secondary N) is 1. The van der Waals surface area contributed by atoms with Crippen molar-refractivity contribution in [3.05, 3.63) is 58.3 Å². The number of furan rings is 1. The van der Waals surface area contributed by atoms with Crippen molar-refractivity contribution in [3.8, 4) is 5.75 Å². The van der Waals surface area contributed by atoms with Gasteiger partial charge in [-0.1, -0.05) is 18.2 Å². The van der Waals surface area contributed by atoms with Crippen LogP contribution < -0.4 is 10.1 Å². The second kappa shape index (κ2) is 5.82. The summed E-state index contributed by atoms with van der Waals surface area (Å²) < 4.78 is 12.2. The minimum Gasteiger partial charge on any atom is -0.493 e. The number of hydrogen-bond donors (Lipinski definition) is 1. The van der Waals surface area contributed by atoms with Crippen molar-refractivity contribution in [2.45, 2.75) is 13.5 Å². The average Bonchev–Trinajstić information content (AvgIpc) is 2.89. The Hall–Kier alpha value is -1.94. The zero-order chi connectivity index (χ0) is 14.8. The first-order valence-corrected chi connectivity index (χ1v) is 7.52. The van der Waals surface area contributed by atoms with Crippen molar-refractivity contribution >= 4 is 32.6 Å². The number of hydrogen-bond acceptors (Lipinski definition) is 3. The average molecular weight is 346 g/mol. The van der Waals surface area contributed by atoms with Crippen LogP contribution in [0.3, 0.4) is 0 Å². The van der Waals surface area contributed by atoms with E-state index in [1.807, 2.05) is 24.3 Å². The number of anilines is 1. The van der Waals surface area contributed by atoms with Gasteiger partial charge in [-0.05, 0) is 52.7 Å². The first kappa shape index (κ1) is 14.0. The van der Waals surface area contributed by atoms with E-state index in [-0.39, 0.29) is 0 Å². The summed E-state index contributed by atoms with van der Waals surface area (Å²) >= 11 is 3.57. The third-order valence-corrected chi connectivity index (χ3v) is 4.01. The normalized spacial score (nSPS) is 10.8. The molecule has 108 valence electrons. The standard InChI is InChI=1S/C17H16BrNO2/c1-11-6-7-15(14(18)8-11)19-10-13-9-12-4-3-5-16(20-2)17(12)21-13/h3-9,19H,10H2,1-2H3. The molecule has 3 aromatic rings. The third-order valence-electron chi connectivity index (χ3n) is 3.36. The fraction of sp³-hybridized carbons (Fsp3) is 0.176. The van der Waals surface area contributed by atoms with Gasteiger partial charge in [-0.3, -0.25) is 0 Å². The molecule has 0 atom stereocenters. The molecule has 0 spiro atoms. The van der Waals surface area contributed by atoms with Crippen LogP contribution in [-0.4, -0.2) is 7.11 Å². The van der Waals surface area contributed by atoms with Crippen LogP contribution in [-0.2, 0) is 6.54 Å². The highest BCUT2D eigenvalue weighted by molar-refractivity contribution is 9.10. The predicted octanol–water partition coefficient (Wildman–Crippen LogP) is 5.12. The molecular formula is C17H16BrNO2. The van der Waals surface area contributed by atoms with Crippen molar-refractivity contribution in [1.29, 1.82) is 0 Å². The summed E-state index contributed by atoms with van der Waals surface area (Å²) in [6, 6.07) is 14.1. The third kappa shape index (κ3) is 2.90. The second-order valence-electron chi connectivity index (χ2n) is 4.93. The number of aryl methyl sites for hydroxylation is 1. The Labute approximate surface area is 132 Å². The number of methoxy groups -OCH3 is 1. The van der Waals surface area contributed by atoms with E-state index in [0.29, 0.717) is 6.54 Å². The number of benzene rings is 2. The van der Waals surface area contributed by atoms with Crippen molar-refractivity contribution in [2.24, 2.45) is 0 Å². The molecule has 0 bridgehead atoms. The number of halogens is 1. The van der Waals surface area contributed by atoms with E-state index in [0.717, 1.165) is 32.6 Å². The highest BCUT2D eigenvalue weighted by atomic mass is 79.9. The first-order chi connectivity index (χ1) is 10.2. The zero-order valence-electron chi connectivity index (χ0n) is 11.9. The number of para-hydroxylation sites is 1. The second-order valence-corrected chi connectivity index (χ2v) is 5.78. The number of rotatable bonds is 4. The fourth-order valence-electron chi connectivity index (χ4n) is 2.28. The molecule has 1 heterocycles. The Morgan fingerprint density at radius 3 is 2.81 bits per heavy atom.